The average molecular weight is 433 g/mol. The Labute approximate surface area is 177 Å². The second-order valence-electron chi connectivity index (χ2n) is 6.69. The van der Waals surface area contributed by atoms with Gasteiger partial charge >= 0.3 is 0 Å². The lowest BCUT2D eigenvalue weighted by Gasteiger charge is -2.30. The molecule has 156 valence electrons. The van der Waals surface area contributed by atoms with E-state index in [0.717, 1.165) is 29.8 Å². The van der Waals surface area contributed by atoms with E-state index in [1.54, 1.807) is 18.3 Å². The van der Waals surface area contributed by atoms with Crippen molar-refractivity contribution in [3.8, 4) is 18.0 Å². The summed E-state index contributed by atoms with van der Waals surface area (Å²) in [7, 11) is 0. The molecule has 1 aliphatic rings. The Bertz CT molecular complexity index is 971. The van der Waals surface area contributed by atoms with Crippen molar-refractivity contribution in [1.29, 1.82) is 10.5 Å². The van der Waals surface area contributed by atoms with E-state index in [4.69, 9.17) is 21.6 Å². The number of nitriles is 2. The fourth-order valence-electron chi connectivity index (χ4n) is 3.31. The number of pyridine rings is 2. The summed E-state index contributed by atoms with van der Waals surface area (Å²) in [4.78, 5) is 10.5. The zero-order valence-corrected chi connectivity index (χ0v) is 16.8. The van der Waals surface area contributed by atoms with Crippen molar-refractivity contribution in [3.05, 3.63) is 45.7 Å². The maximum Gasteiger partial charge on any atom is 0.272 e. The predicted octanol–water partition coefficient (Wildman–Crippen LogP) is 3.18. The highest BCUT2D eigenvalue weighted by molar-refractivity contribution is 6.30. The van der Waals surface area contributed by atoms with Gasteiger partial charge in [-0.05, 0) is 24.0 Å². The van der Waals surface area contributed by atoms with Crippen LogP contribution in [0.3, 0.4) is 0 Å². The summed E-state index contributed by atoms with van der Waals surface area (Å²) in [5.41, 5.74) is 3.07. The molecule has 0 saturated carbocycles. The molecular weight excluding hydrogens is 414 g/mol. The third-order valence-electron chi connectivity index (χ3n) is 4.75. The largest absolute Gasteiger partial charge is 0.472 e. The third kappa shape index (κ3) is 5.32. The molecule has 10 heteroatoms. The molecule has 1 aliphatic heterocycles. The first-order chi connectivity index (χ1) is 14.5. The molecule has 0 saturated heterocycles. The van der Waals surface area contributed by atoms with Gasteiger partial charge < -0.3 is 10.1 Å². The molecule has 3 heterocycles. The molecule has 2 aromatic heterocycles. The van der Waals surface area contributed by atoms with Gasteiger partial charge in [-0.25, -0.2) is 18.7 Å². The molecule has 0 bridgehead atoms. The Kier molecular flexibility index (Phi) is 7.34. The number of halogens is 3. The highest BCUT2D eigenvalue weighted by Crippen LogP contribution is 2.31. The number of fused-ring (bicyclic) bond motifs is 1. The molecule has 0 spiro atoms. The molecule has 7 nitrogen and oxygen atoms in total. The van der Waals surface area contributed by atoms with Crippen LogP contribution in [0.15, 0.2) is 18.3 Å². The lowest BCUT2D eigenvalue weighted by molar-refractivity contribution is 0.0796. The van der Waals surface area contributed by atoms with Gasteiger partial charge in [0.15, 0.2) is 6.61 Å². The van der Waals surface area contributed by atoms with Crippen molar-refractivity contribution < 1.29 is 13.5 Å². The van der Waals surface area contributed by atoms with Crippen molar-refractivity contribution in [2.75, 3.05) is 31.6 Å². The number of nitrogens with zero attached hydrogens (tertiary/aromatic N) is 5. The summed E-state index contributed by atoms with van der Waals surface area (Å²) in [5, 5.41) is 21.4. The Balaban J connectivity index is 1.66. The predicted molar refractivity (Wildman–Crippen MR) is 106 cm³/mol. The average Bonchev–Trinajstić information content (AvgIpc) is 2.75. The minimum absolute atomic E-state index is 0.107. The van der Waals surface area contributed by atoms with Gasteiger partial charge in [0.2, 0.25) is 5.88 Å². The van der Waals surface area contributed by atoms with E-state index >= 15 is 0 Å². The maximum absolute atomic E-state index is 12.2. The summed E-state index contributed by atoms with van der Waals surface area (Å²) in [6.45, 7) is 1.47. The minimum atomic E-state index is -2.54. The highest BCUT2D eigenvalue weighted by Gasteiger charge is 2.25. The molecule has 2 aromatic rings. The molecule has 0 fully saturated rings. The van der Waals surface area contributed by atoms with E-state index in [9.17, 15) is 14.0 Å². The van der Waals surface area contributed by atoms with E-state index in [0.29, 0.717) is 30.8 Å². The van der Waals surface area contributed by atoms with Crippen LogP contribution in [0.2, 0.25) is 5.15 Å². The molecule has 0 amide bonds. The van der Waals surface area contributed by atoms with Crippen molar-refractivity contribution >= 4 is 17.4 Å². The molecular formula is C20H19ClF2N6O. The summed E-state index contributed by atoms with van der Waals surface area (Å²) in [5.74, 6) is 0.725. The van der Waals surface area contributed by atoms with Crippen LogP contribution in [0, 0.1) is 22.7 Å². The zero-order chi connectivity index (χ0) is 21.5. The Morgan fingerprint density at radius 2 is 2.13 bits per heavy atom. The third-order valence-corrected chi connectivity index (χ3v) is 5.02. The van der Waals surface area contributed by atoms with Gasteiger partial charge in [-0.1, -0.05) is 17.7 Å². The monoisotopic (exact) mass is 432 g/mol. The Hall–Kier alpha value is -3.01. The van der Waals surface area contributed by atoms with Crippen LogP contribution < -0.4 is 10.1 Å². The normalized spacial score (nSPS) is 13.4. The molecule has 0 atom stereocenters. The number of ether oxygens (including phenoxy) is 1. The van der Waals surface area contributed by atoms with Crippen molar-refractivity contribution in [1.82, 2.24) is 14.9 Å². The van der Waals surface area contributed by atoms with E-state index in [2.05, 4.69) is 26.3 Å². The quantitative estimate of drug-likeness (QED) is 0.505. The molecule has 3 rings (SSSR count). The van der Waals surface area contributed by atoms with Crippen molar-refractivity contribution in [2.24, 2.45) is 0 Å². The van der Waals surface area contributed by atoms with Crippen LogP contribution in [-0.4, -0.2) is 47.5 Å². The lowest BCUT2D eigenvalue weighted by atomic mass is 9.96. The van der Waals surface area contributed by atoms with Crippen LogP contribution in [0.1, 0.15) is 22.3 Å². The van der Waals surface area contributed by atoms with Crippen molar-refractivity contribution in [2.45, 2.75) is 25.8 Å². The second-order valence-corrected chi connectivity index (χ2v) is 7.05. The number of rotatable bonds is 8. The number of alkyl halides is 2. The Morgan fingerprint density at radius 1 is 1.30 bits per heavy atom. The minimum Gasteiger partial charge on any atom is -0.472 e. The zero-order valence-electron chi connectivity index (χ0n) is 16.0. The van der Waals surface area contributed by atoms with Crippen LogP contribution in [0.5, 0.6) is 5.88 Å². The molecule has 30 heavy (non-hydrogen) atoms. The van der Waals surface area contributed by atoms with Crippen LogP contribution >= 0.6 is 11.6 Å². The van der Waals surface area contributed by atoms with Crippen LogP contribution in [0.4, 0.5) is 14.6 Å². The summed E-state index contributed by atoms with van der Waals surface area (Å²) < 4.78 is 29.3. The van der Waals surface area contributed by atoms with E-state index in [-0.39, 0.29) is 17.6 Å². The SMILES string of the molecule is N#CCNc1nc(Cl)c(C#N)c2c1CCN(CCc1ccc(OCC(F)F)nc1)C2. The molecule has 0 unspecified atom stereocenters. The molecule has 0 aromatic carbocycles. The molecule has 1 N–H and O–H groups in total. The number of anilines is 1. The number of hydrogen-bond acceptors (Lipinski definition) is 7. The fourth-order valence-corrected chi connectivity index (χ4v) is 3.55. The van der Waals surface area contributed by atoms with Crippen LogP contribution in [-0.2, 0) is 19.4 Å². The standard InChI is InChI=1S/C20H19ClF2N6O/c21-19-15(9-25)16-11-29(8-4-14(16)20(28-19)26-6-5-24)7-3-13-1-2-18(27-10-13)30-12-17(22)23/h1-2,10,17H,3-4,6-8,11-12H2,(H,26,28). The fraction of sp³-hybridized carbons (Fsp3) is 0.400. The van der Waals surface area contributed by atoms with Gasteiger partial charge in [0, 0.05) is 37.5 Å². The molecule has 0 aliphatic carbocycles. The number of aromatic nitrogens is 2. The van der Waals surface area contributed by atoms with Crippen molar-refractivity contribution in [3.63, 3.8) is 0 Å². The van der Waals surface area contributed by atoms with Gasteiger partial charge in [-0.3, -0.25) is 4.90 Å². The number of hydrogen-bond donors (Lipinski definition) is 1. The molecule has 0 radical (unpaired) electrons. The van der Waals surface area contributed by atoms with E-state index in [1.165, 1.54) is 0 Å². The summed E-state index contributed by atoms with van der Waals surface area (Å²) in [6.07, 6.45) is 0.466. The topological polar surface area (TPSA) is 97.9 Å². The van der Waals surface area contributed by atoms with Crippen LogP contribution in [0.25, 0.3) is 0 Å². The first-order valence-corrected chi connectivity index (χ1v) is 9.70. The van der Waals surface area contributed by atoms with Gasteiger partial charge in [0.1, 0.15) is 23.6 Å². The van der Waals surface area contributed by atoms with Gasteiger partial charge in [0.05, 0.1) is 11.6 Å². The lowest BCUT2D eigenvalue weighted by Crippen LogP contribution is -2.33. The second kappa shape index (κ2) is 10.1. The highest BCUT2D eigenvalue weighted by atomic mass is 35.5. The Morgan fingerprint density at radius 3 is 2.80 bits per heavy atom. The van der Waals surface area contributed by atoms with Gasteiger partial charge in [-0.15, -0.1) is 0 Å². The first-order valence-electron chi connectivity index (χ1n) is 9.32. The van der Waals surface area contributed by atoms with Gasteiger partial charge in [-0.2, -0.15) is 10.5 Å². The maximum atomic E-state index is 12.2. The van der Waals surface area contributed by atoms with Gasteiger partial charge in [0.25, 0.3) is 6.43 Å². The van der Waals surface area contributed by atoms with E-state index < -0.39 is 13.0 Å². The summed E-state index contributed by atoms with van der Waals surface area (Å²) >= 11 is 6.18. The summed E-state index contributed by atoms with van der Waals surface area (Å²) in [6, 6.07) is 7.53. The number of nitrogens with one attached hydrogen (secondary N) is 1. The van der Waals surface area contributed by atoms with E-state index in [1.807, 2.05) is 6.07 Å². The smallest absolute Gasteiger partial charge is 0.272 e. The first kappa shape index (κ1) is 21.7.